The third-order valence-electron chi connectivity index (χ3n) is 6.67. The van der Waals surface area contributed by atoms with E-state index in [0.717, 1.165) is 31.2 Å². The van der Waals surface area contributed by atoms with Crippen molar-refractivity contribution in [2.75, 3.05) is 14.2 Å². The van der Waals surface area contributed by atoms with E-state index in [0.29, 0.717) is 24.3 Å². The summed E-state index contributed by atoms with van der Waals surface area (Å²) in [7, 11) is 2.74. The SMILES string of the molecule is COc1cc(CCC(=O)[C@@H](CC2CCCCC2)N=C(N)NC(=O)Cc2ccc(F)c(OC)c2)ccc1F. The summed E-state index contributed by atoms with van der Waals surface area (Å²) >= 11 is 0. The lowest BCUT2D eigenvalue weighted by molar-refractivity contribution is -0.121. The van der Waals surface area contributed by atoms with Gasteiger partial charge in [-0.05, 0) is 54.2 Å². The standard InChI is InChI=1S/C28H35F2N3O4/c1-36-25-15-19(8-11-21(25)29)10-13-24(34)23(14-18-6-4-3-5-7-18)32-28(31)33-27(35)17-20-9-12-22(30)26(16-20)37-2/h8-9,11-12,15-16,18,23H,3-7,10,13-14,17H2,1-2H3,(H3,31,32,33,35)/t23-/m1/s1. The van der Waals surface area contributed by atoms with Crippen molar-refractivity contribution in [1.82, 2.24) is 5.32 Å². The molecule has 1 saturated carbocycles. The number of methoxy groups -OCH3 is 2. The third-order valence-corrected chi connectivity index (χ3v) is 6.67. The van der Waals surface area contributed by atoms with Gasteiger partial charge < -0.3 is 15.2 Å². The van der Waals surface area contributed by atoms with Gasteiger partial charge in [0, 0.05) is 6.42 Å². The fourth-order valence-corrected chi connectivity index (χ4v) is 4.68. The molecule has 1 aliphatic rings. The molecule has 0 unspecified atom stereocenters. The zero-order valence-electron chi connectivity index (χ0n) is 21.4. The summed E-state index contributed by atoms with van der Waals surface area (Å²) in [5.74, 6) is -1.08. The quantitative estimate of drug-likeness (QED) is 0.339. The highest BCUT2D eigenvalue weighted by atomic mass is 19.1. The Kier molecular flexibility index (Phi) is 10.4. The van der Waals surface area contributed by atoms with Crippen molar-refractivity contribution in [3.05, 3.63) is 59.2 Å². The van der Waals surface area contributed by atoms with Crippen LogP contribution in [0.4, 0.5) is 8.78 Å². The summed E-state index contributed by atoms with van der Waals surface area (Å²) in [4.78, 5) is 30.1. The molecule has 3 rings (SSSR count). The number of nitrogens with two attached hydrogens (primary N) is 1. The summed E-state index contributed by atoms with van der Waals surface area (Å²) in [6.45, 7) is 0. The first kappa shape index (κ1) is 28.1. The number of nitrogens with zero attached hydrogens (tertiary/aromatic N) is 1. The van der Waals surface area contributed by atoms with Gasteiger partial charge in [-0.2, -0.15) is 0 Å². The van der Waals surface area contributed by atoms with Crippen LogP contribution in [0.15, 0.2) is 41.4 Å². The van der Waals surface area contributed by atoms with E-state index in [1.165, 1.54) is 44.9 Å². The molecule has 1 atom stereocenters. The molecule has 1 fully saturated rings. The van der Waals surface area contributed by atoms with Crippen LogP contribution in [0, 0.1) is 17.6 Å². The maximum atomic E-state index is 13.7. The van der Waals surface area contributed by atoms with Crippen molar-refractivity contribution < 1.29 is 27.8 Å². The minimum atomic E-state index is -0.684. The molecular weight excluding hydrogens is 480 g/mol. The largest absolute Gasteiger partial charge is 0.494 e. The van der Waals surface area contributed by atoms with Crippen LogP contribution in [-0.4, -0.2) is 37.9 Å². The van der Waals surface area contributed by atoms with Gasteiger partial charge in [0.05, 0.1) is 20.6 Å². The molecule has 37 heavy (non-hydrogen) atoms. The zero-order chi connectivity index (χ0) is 26.8. The van der Waals surface area contributed by atoms with E-state index in [4.69, 9.17) is 15.2 Å². The van der Waals surface area contributed by atoms with Gasteiger partial charge in [0.2, 0.25) is 5.91 Å². The van der Waals surface area contributed by atoms with E-state index in [1.54, 1.807) is 12.1 Å². The average Bonchev–Trinajstić information content (AvgIpc) is 2.89. The number of aliphatic imine (C=N–C) groups is 1. The smallest absolute Gasteiger partial charge is 0.231 e. The summed E-state index contributed by atoms with van der Waals surface area (Å²) in [6.07, 6.45) is 6.63. The molecule has 2 aromatic carbocycles. The number of halogens is 2. The highest BCUT2D eigenvalue weighted by Gasteiger charge is 2.24. The summed E-state index contributed by atoms with van der Waals surface area (Å²) in [5.41, 5.74) is 7.37. The number of ether oxygens (including phenoxy) is 2. The van der Waals surface area contributed by atoms with E-state index in [1.807, 2.05) is 0 Å². The van der Waals surface area contributed by atoms with Gasteiger partial charge in [0.15, 0.2) is 34.9 Å². The lowest BCUT2D eigenvalue weighted by Crippen LogP contribution is -2.40. The van der Waals surface area contributed by atoms with E-state index in [9.17, 15) is 18.4 Å². The second-order valence-electron chi connectivity index (χ2n) is 9.40. The summed E-state index contributed by atoms with van der Waals surface area (Å²) < 4.78 is 37.3. The van der Waals surface area contributed by atoms with E-state index in [-0.39, 0.29) is 36.1 Å². The highest BCUT2D eigenvalue weighted by molar-refractivity contribution is 5.98. The number of hydrogen-bond donors (Lipinski definition) is 2. The first-order valence-electron chi connectivity index (χ1n) is 12.6. The normalized spacial score (nSPS) is 15.2. The molecule has 7 nitrogen and oxygen atoms in total. The molecule has 0 spiro atoms. The number of carbonyl (C=O) groups excluding carboxylic acids is 2. The van der Waals surface area contributed by atoms with Crippen molar-refractivity contribution in [3.8, 4) is 11.5 Å². The first-order valence-corrected chi connectivity index (χ1v) is 12.6. The minimum absolute atomic E-state index is 0.0452. The van der Waals surface area contributed by atoms with Gasteiger partial charge in [0.25, 0.3) is 0 Å². The molecule has 2 aromatic rings. The molecule has 0 radical (unpaired) electrons. The Bertz CT molecular complexity index is 1120. The molecule has 0 aromatic heterocycles. The second kappa shape index (κ2) is 13.7. The number of amides is 1. The molecule has 0 saturated heterocycles. The fraction of sp³-hybridized carbons (Fsp3) is 0.464. The average molecular weight is 516 g/mol. The van der Waals surface area contributed by atoms with Crippen molar-refractivity contribution in [2.24, 2.45) is 16.6 Å². The maximum Gasteiger partial charge on any atom is 0.231 e. The Hall–Kier alpha value is -3.49. The summed E-state index contributed by atoms with van der Waals surface area (Å²) in [5, 5.41) is 2.54. The minimum Gasteiger partial charge on any atom is -0.494 e. The second-order valence-corrected chi connectivity index (χ2v) is 9.40. The number of nitrogens with one attached hydrogen (secondary N) is 1. The van der Waals surface area contributed by atoms with Crippen molar-refractivity contribution in [3.63, 3.8) is 0 Å². The monoisotopic (exact) mass is 515 g/mol. The van der Waals surface area contributed by atoms with Gasteiger partial charge in [-0.1, -0.05) is 44.2 Å². The topological polar surface area (TPSA) is 103 Å². The van der Waals surface area contributed by atoms with Crippen LogP contribution in [-0.2, 0) is 22.4 Å². The van der Waals surface area contributed by atoms with Crippen LogP contribution in [0.1, 0.15) is 56.1 Å². The fourth-order valence-electron chi connectivity index (χ4n) is 4.68. The molecule has 3 N–H and O–H groups in total. The van der Waals surface area contributed by atoms with E-state index >= 15 is 0 Å². The Morgan fingerprint density at radius 1 is 1.00 bits per heavy atom. The Labute approximate surface area is 216 Å². The lowest BCUT2D eigenvalue weighted by atomic mass is 9.83. The van der Waals surface area contributed by atoms with Gasteiger partial charge in [-0.25, -0.2) is 13.8 Å². The predicted octanol–water partition coefficient (Wildman–Crippen LogP) is 4.50. The third kappa shape index (κ3) is 8.55. The van der Waals surface area contributed by atoms with Crippen LogP contribution in [0.25, 0.3) is 0 Å². The number of carbonyl (C=O) groups is 2. The van der Waals surface area contributed by atoms with E-state index in [2.05, 4.69) is 10.3 Å². The molecule has 1 aliphatic carbocycles. The predicted molar refractivity (Wildman–Crippen MR) is 138 cm³/mol. The van der Waals surface area contributed by atoms with Gasteiger partial charge in [-0.15, -0.1) is 0 Å². The van der Waals surface area contributed by atoms with Crippen LogP contribution in [0.2, 0.25) is 0 Å². The molecule has 1 amide bonds. The zero-order valence-corrected chi connectivity index (χ0v) is 21.4. The molecule has 0 bridgehead atoms. The van der Waals surface area contributed by atoms with Gasteiger partial charge >= 0.3 is 0 Å². The Morgan fingerprint density at radius 2 is 1.59 bits per heavy atom. The first-order chi connectivity index (χ1) is 17.8. The van der Waals surface area contributed by atoms with Gasteiger partial charge in [-0.3, -0.25) is 14.9 Å². The Morgan fingerprint density at radius 3 is 2.22 bits per heavy atom. The number of rotatable bonds is 11. The molecule has 0 heterocycles. The van der Waals surface area contributed by atoms with Crippen LogP contribution in [0.5, 0.6) is 11.5 Å². The number of benzene rings is 2. The molecular formula is C28H35F2N3O4. The number of hydrogen-bond acceptors (Lipinski definition) is 5. The van der Waals surface area contributed by atoms with E-state index < -0.39 is 23.6 Å². The van der Waals surface area contributed by atoms with Crippen molar-refractivity contribution in [1.29, 1.82) is 0 Å². The number of guanidine groups is 1. The molecule has 9 heteroatoms. The van der Waals surface area contributed by atoms with Gasteiger partial charge in [0.1, 0.15) is 6.04 Å². The van der Waals surface area contributed by atoms with Crippen LogP contribution >= 0.6 is 0 Å². The lowest BCUT2D eigenvalue weighted by Gasteiger charge is -2.24. The molecule has 0 aliphatic heterocycles. The Balaban J connectivity index is 1.66. The number of ketones is 1. The van der Waals surface area contributed by atoms with Crippen LogP contribution in [0.3, 0.4) is 0 Å². The number of Topliss-reactive ketones (excluding diaryl/α,β-unsaturated/α-hetero) is 1. The number of aryl methyl sites for hydroxylation is 1. The van der Waals surface area contributed by atoms with Crippen LogP contribution < -0.4 is 20.5 Å². The van der Waals surface area contributed by atoms with Crippen molar-refractivity contribution in [2.45, 2.75) is 63.8 Å². The van der Waals surface area contributed by atoms with Crippen molar-refractivity contribution >= 4 is 17.6 Å². The maximum absolute atomic E-state index is 13.7. The summed E-state index contributed by atoms with van der Waals surface area (Å²) in [6, 6.07) is 8.02. The molecule has 200 valence electrons. The highest BCUT2D eigenvalue weighted by Crippen LogP contribution is 2.29.